The number of ether oxygens (including phenoxy) is 3. The van der Waals surface area contributed by atoms with E-state index in [1.165, 1.54) is 0 Å². The van der Waals surface area contributed by atoms with Crippen molar-refractivity contribution in [1.82, 2.24) is 10.2 Å². The average molecular weight is 482 g/mol. The summed E-state index contributed by atoms with van der Waals surface area (Å²) in [6.07, 6.45) is 0.872. The van der Waals surface area contributed by atoms with Gasteiger partial charge in [-0.05, 0) is 47.7 Å². The fourth-order valence-corrected chi connectivity index (χ4v) is 5.11. The molecule has 0 radical (unpaired) electrons. The highest BCUT2D eigenvalue weighted by atomic mass is 35.5. The Bertz CT molecular complexity index is 1330. The smallest absolute Gasteiger partial charge is 0.270 e. The first-order valence-corrected chi connectivity index (χ1v) is 11.2. The van der Waals surface area contributed by atoms with Crippen molar-refractivity contribution in [1.29, 1.82) is 0 Å². The molecule has 3 aromatic rings. The van der Waals surface area contributed by atoms with Gasteiger partial charge in [0.1, 0.15) is 5.82 Å². The number of carbonyl (C=O) groups excluding carboxylic acids is 1. The standard InChI is InChI=1S/C25H24ClN3O5/c1-32-18-10-14(11-19(33-2)23(18)34-3)13-8-16-21(17(30)9-13)20(12-4-6-15(26)7-5-12)22-24(27-16)28-29-25(22)31/h4-7,10-11,13,20H,8-9H2,1-3H3,(H3,27,28,29,31). The van der Waals surface area contributed by atoms with Crippen molar-refractivity contribution in [2.45, 2.75) is 24.7 Å². The van der Waals surface area contributed by atoms with Crippen molar-refractivity contribution in [2.24, 2.45) is 0 Å². The number of halogens is 1. The maximum Gasteiger partial charge on any atom is 0.270 e. The lowest BCUT2D eigenvalue weighted by molar-refractivity contribution is -0.116. The number of fused-ring (bicyclic) bond motifs is 1. The molecule has 1 aliphatic heterocycles. The number of methoxy groups -OCH3 is 3. The van der Waals surface area contributed by atoms with Crippen molar-refractivity contribution in [2.75, 3.05) is 26.6 Å². The highest BCUT2D eigenvalue weighted by Crippen LogP contribution is 2.48. The number of ketones is 1. The first-order chi connectivity index (χ1) is 16.4. The Labute approximate surface area is 200 Å². The number of H-pyrrole nitrogens is 2. The lowest BCUT2D eigenvalue weighted by atomic mass is 9.73. The molecule has 2 aliphatic rings. The van der Waals surface area contributed by atoms with Gasteiger partial charge < -0.3 is 19.5 Å². The number of allylic oxidation sites excluding steroid dienone is 2. The van der Waals surface area contributed by atoms with E-state index in [4.69, 9.17) is 25.8 Å². The SMILES string of the molecule is COc1cc(C2CC(=O)C3=C(C2)Nc2[nH][nH]c(=O)c2C3c2ccc(Cl)cc2)cc(OC)c1OC. The minimum absolute atomic E-state index is 0.0151. The zero-order valence-corrected chi connectivity index (χ0v) is 19.7. The molecule has 176 valence electrons. The molecule has 0 saturated carbocycles. The predicted octanol–water partition coefficient (Wildman–Crippen LogP) is 4.34. The van der Waals surface area contributed by atoms with Crippen molar-refractivity contribution < 1.29 is 19.0 Å². The van der Waals surface area contributed by atoms with Gasteiger partial charge in [-0.15, -0.1) is 0 Å². The van der Waals surface area contributed by atoms with Crippen LogP contribution < -0.4 is 25.1 Å². The van der Waals surface area contributed by atoms with Gasteiger partial charge >= 0.3 is 0 Å². The van der Waals surface area contributed by atoms with Crippen LogP contribution in [-0.4, -0.2) is 37.3 Å². The number of hydrogen-bond donors (Lipinski definition) is 3. The molecule has 5 rings (SSSR count). The monoisotopic (exact) mass is 481 g/mol. The van der Waals surface area contributed by atoms with Crippen LogP contribution >= 0.6 is 11.6 Å². The third-order valence-corrected chi connectivity index (χ3v) is 6.79. The normalized spacial score (nSPS) is 19.2. The van der Waals surface area contributed by atoms with Gasteiger partial charge in [-0.1, -0.05) is 23.7 Å². The van der Waals surface area contributed by atoms with Crippen molar-refractivity contribution in [3.05, 3.63) is 79.7 Å². The van der Waals surface area contributed by atoms with Crippen molar-refractivity contribution in [3.8, 4) is 17.2 Å². The van der Waals surface area contributed by atoms with Gasteiger partial charge in [0.2, 0.25) is 5.75 Å². The van der Waals surface area contributed by atoms with Crippen LogP contribution in [0.15, 0.2) is 52.5 Å². The molecule has 8 nitrogen and oxygen atoms in total. The molecular weight excluding hydrogens is 458 g/mol. The summed E-state index contributed by atoms with van der Waals surface area (Å²) in [5.74, 6) is 1.55. The molecule has 0 bridgehead atoms. The fraction of sp³-hybridized carbons (Fsp3) is 0.280. The van der Waals surface area contributed by atoms with Gasteiger partial charge in [-0.2, -0.15) is 0 Å². The first kappa shape index (κ1) is 22.2. The van der Waals surface area contributed by atoms with Crippen LogP contribution in [0.25, 0.3) is 0 Å². The van der Waals surface area contributed by atoms with E-state index >= 15 is 0 Å². The van der Waals surface area contributed by atoms with Crippen molar-refractivity contribution >= 4 is 23.2 Å². The van der Waals surface area contributed by atoms with E-state index in [-0.39, 0.29) is 17.3 Å². The summed E-state index contributed by atoms with van der Waals surface area (Å²) in [6.45, 7) is 0. The number of anilines is 1. The number of nitrogens with one attached hydrogen (secondary N) is 3. The summed E-state index contributed by atoms with van der Waals surface area (Å²) in [7, 11) is 4.69. The summed E-state index contributed by atoms with van der Waals surface area (Å²) in [4.78, 5) is 26.3. The Hall–Kier alpha value is -3.65. The average Bonchev–Trinajstić information content (AvgIpc) is 3.22. The van der Waals surface area contributed by atoms with Gasteiger partial charge in [-0.3, -0.25) is 19.8 Å². The van der Waals surface area contributed by atoms with Gasteiger partial charge in [0.25, 0.3) is 5.56 Å². The Morgan fingerprint density at radius 3 is 2.18 bits per heavy atom. The molecule has 1 aromatic heterocycles. The van der Waals surface area contributed by atoms with Crippen LogP contribution in [0.5, 0.6) is 17.2 Å². The molecule has 34 heavy (non-hydrogen) atoms. The Morgan fingerprint density at radius 2 is 1.56 bits per heavy atom. The minimum atomic E-state index is -0.480. The highest BCUT2D eigenvalue weighted by molar-refractivity contribution is 6.30. The fourth-order valence-electron chi connectivity index (χ4n) is 4.98. The number of carbonyl (C=O) groups is 1. The third kappa shape index (κ3) is 3.54. The van der Waals surface area contributed by atoms with Gasteiger partial charge in [0.15, 0.2) is 17.3 Å². The molecule has 0 spiro atoms. The first-order valence-electron chi connectivity index (χ1n) is 10.8. The Kier molecular flexibility index (Phi) is 5.61. The number of aromatic amines is 2. The van der Waals surface area contributed by atoms with Gasteiger partial charge in [0, 0.05) is 28.6 Å². The molecule has 9 heteroatoms. The topological polar surface area (TPSA) is 105 Å². The van der Waals surface area contributed by atoms with E-state index < -0.39 is 5.92 Å². The predicted molar refractivity (Wildman–Crippen MR) is 128 cm³/mol. The van der Waals surface area contributed by atoms with Crippen LogP contribution in [0.1, 0.15) is 41.4 Å². The maximum atomic E-state index is 13.6. The van der Waals surface area contributed by atoms with E-state index in [9.17, 15) is 9.59 Å². The lowest BCUT2D eigenvalue weighted by Crippen LogP contribution is -2.31. The van der Waals surface area contributed by atoms with Gasteiger partial charge in [-0.25, -0.2) is 0 Å². The number of benzene rings is 2. The quantitative estimate of drug-likeness (QED) is 0.500. The second-order valence-corrected chi connectivity index (χ2v) is 8.79. The minimum Gasteiger partial charge on any atom is -0.493 e. The zero-order valence-electron chi connectivity index (χ0n) is 19.0. The second kappa shape index (κ2) is 8.61. The molecule has 2 atom stereocenters. The zero-order chi connectivity index (χ0) is 24.0. The van der Waals surface area contributed by atoms with E-state index in [0.29, 0.717) is 52.1 Å². The number of aromatic nitrogens is 2. The summed E-state index contributed by atoms with van der Waals surface area (Å²) in [5, 5.41) is 9.45. The van der Waals surface area contributed by atoms with Crippen LogP contribution in [0.2, 0.25) is 5.02 Å². The Balaban J connectivity index is 1.59. The summed E-state index contributed by atoms with van der Waals surface area (Å²) in [6, 6.07) is 11.0. The summed E-state index contributed by atoms with van der Waals surface area (Å²) >= 11 is 6.09. The number of hydrogen-bond acceptors (Lipinski definition) is 6. The molecule has 2 heterocycles. The largest absolute Gasteiger partial charge is 0.493 e. The molecule has 1 aliphatic carbocycles. The van der Waals surface area contributed by atoms with Crippen LogP contribution in [0, 0.1) is 0 Å². The molecule has 0 saturated heterocycles. The van der Waals surface area contributed by atoms with Gasteiger partial charge in [0.05, 0.1) is 26.9 Å². The van der Waals surface area contributed by atoms with Crippen LogP contribution in [-0.2, 0) is 4.79 Å². The molecule has 0 fully saturated rings. The molecule has 0 amide bonds. The molecular formula is C25H24ClN3O5. The van der Waals surface area contributed by atoms with Crippen LogP contribution in [0.4, 0.5) is 5.82 Å². The third-order valence-electron chi connectivity index (χ3n) is 6.54. The van der Waals surface area contributed by atoms with E-state index in [1.54, 1.807) is 33.5 Å². The van der Waals surface area contributed by atoms with E-state index in [2.05, 4.69) is 15.5 Å². The number of Topliss-reactive ketones (excluding diaryl/α,β-unsaturated/α-hetero) is 1. The molecule has 2 aromatic carbocycles. The second-order valence-electron chi connectivity index (χ2n) is 8.36. The van der Waals surface area contributed by atoms with Crippen LogP contribution in [0.3, 0.4) is 0 Å². The van der Waals surface area contributed by atoms with E-state index in [0.717, 1.165) is 16.8 Å². The number of rotatable bonds is 5. The summed E-state index contributed by atoms with van der Waals surface area (Å²) in [5.41, 5.74) is 3.40. The maximum absolute atomic E-state index is 13.6. The summed E-state index contributed by atoms with van der Waals surface area (Å²) < 4.78 is 16.4. The van der Waals surface area contributed by atoms with E-state index in [1.807, 2.05) is 24.3 Å². The Morgan fingerprint density at radius 1 is 0.882 bits per heavy atom. The highest BCUT2D eigenvalue weighted by Gasteiger charge is 2.40. The molecule has 3 N–H and O–H groups in total. The lowest BCUT2D eigenvalue weighted by Gasteiger charge is -2.34. The van der Waals surface area contributed by atoms with Crippen molar-refractivity contribution in [3.63, 3.8) is 0 Å². The molecule has 2 unspecified atom stereocenters.